The van der Waals surface area contributed by atoms with Gasteiger partial charge in [0.1, 0.15) is 24.4 Å². The van der Waals surface area contributed by atoms with Crippen molar-refractivity contribution >= 4 is 20.2 Å². The first kappa shape index (κ1) is 26.0. The molecule has 2 saturated carbocycles. The molecule has 0 bridgehead atoms. The predicted molar refractivity (Wildman–Crippen MR) is 114 cm³/mol. The summed E-state index contributed by atoms with van der Waals surface area (Å²) in [5.74, 6) is 0.389. The zero-order valence-electron chi connectivity index (χ0n) is 18.1. The molecule has 2 fully saturated rings. The fourth-order valence-electron chi connectivity index (χ4n) is 4.86. The lowest BCUT2D eigenvalue weighted by Gasteiger charge is -2.34. The molecule has 0 amide bonds. The van der Waals surface area contributed by atoms with E-state index in [0.29, 0.717) is 12.8 Å². The second-order valence-corrected chi connectivity index (χ2v) is 12.3. The van der Waals surface area contributed by atoms with Crippen LogP contribution >= 0.6 is 0 Å². The first-order valence-electron chi connectivity index (χ1n) is 11.1. The van der Waals surface area contributed by atoms with E-state index in [9.17, 15) is 27.0 Å². The van der Waals surface area contributed by atoms with Crippen LogP contribution < -0.4 is 0 Å². The molecule has 0 aromatic rings. The van der Waals surface area contributed by atoms with Gasteiger partial charge in [-0.15, -0.1) is 0 Å². The third-order valence-corrected chi connectivity index (χ3v) is 7.48. The average Bonchev–Trinajstić information content (AvgIpc) is 2.65. The Balaban J connectivity index is 2.15. The number of hydrogen-bond donors (Lipinski definition) is 2. The monoisotopic (exact) mass is 470 g/mol. The maximum absolute atomic E-state index is 11.8. The molecule has 0 radical (unpaired) electrons. The molecule has 10 heteroatoms. The molecule has 2 aliphatic carbocycles. The number of hydrogen-bond acceptors (Lipinski definition) is 8. The van der Waals surface area contributed by atoms with Crippen LogP contribution in [0, 0.1) is 11.8 Å². The highest BCUT2D eigenvalue weighted by atomic mass is 32.2. The third kappa shape index (κ3) is 9.48. The molecule has 2 rings (SSSR count). The van der Waals surface area contributed by atoms with Crippen LogP contribution in [0.3, 0.4) is 0 Å². The Hall–Kier alpha value is -0.260. The van der Waals surface area contributed by atoms with Gasteiger partial charge in [0.15, 0.2) is 0 Å². The fraction of sp³-hybridized carbons (Fsp3) is 1.00. The van der Waals surface area contributed by atoms with Crippen LogP contribution in [-0.4, -0.2) is 64.0 Å². The molecular formula is C20H38O8S2. The summed E-state index contributed by atoms with van der Waals surface area (Å²) in [7, 11) is -7.74. The first-order valence-corrected chi connectivity index (χ1v) is 14.7. The van der Waals surface area contributed by atoms with Gasteiger partial charge in [0.25, 0.3) is 20.2 Å². The van der Waals surface area contributed by atoms with Crippen LogP contribution in [0.25, 0.3) is 0 Å². The molecule has 30 heavy (non-hydrogen) atoms. The van der Waals surface area contributed by atoms with Crippen molar-refractivity contribution in [3.8, 4) is 0 Å². The van der Waals surface area contributed by atoms with Gasteiger partial charge >= 0.3 is 0 Å². The minimum atomic E-state index is -3.87. The largest absolute Gasteiger partial charge is 0.388 e. The maximum atomic E-state index is 11.8. The van der Waals surface area contributed by atoms with E-state index in [0.717, 1.165) is 76.7 Å². The summed E-state index contributed by atoms with van der Waals surface area (Å²) >= 11 is 0. The van der Waals surface area contributed by atoms with E-state index < -0.39 is 44.7 Å². The van der Waals surface area contributed by atoms with Crippen LogP contribution in [0.2, 0.25) is 0 Å². The highest BCUT2D eigenvalue weighted by Crippen LogP contribution is 2.33. The molecular weight excluding hydrogens is 432 g/mol. The van der Waals surface area contributed by atoms with Crippen molar-refractivity contribution in [1.82, 2.24) is 0 Å². The van der Waals surface area contributed by atoms with E-state index in [4.69, 9.17) is 8.37 Å². The molecule has 0 aliphatic heterocycles. The van der Waals surface area contributed by atoms with Crippen LogP contribution in [0.1, 0.15) is 77.0 Å². The Morgan fingerprint density at radius 1 is 0.667 bits per heavy atom. The smallest absolute Gasteiger partial charge is 0.264 e. The molecule has 8 nitrogen and oxygen atoms in total. The van der Waals surface area contributed by atoms with Crippen LogP contribution in [-0.2, 0) is 28.6 Å². The summed E-state index contributed by atoms with van der Waals surface area (Å²) in [6.07, 6.45) is 7.04. The summed E-state index contributed by atoms with van der Waals surface area (Å²) in [5, 5.41) is 21.7. The zero-order valence-corrected chi connectivity index (χ0v) is 19.7. The van der Waals surface area contributed by atoms with Crippen LogP contribution in [0.4, 0.5) is 0 Å². The summed E-state index contributed by atoms with van der Waals surface area (Å²) < 4.78 is 57.4. The minimum absolute atomic E-state index is 0.194. The molecule has 0 aromatic heterocycles. The topological polar surface area (TPSA) is 127 Å². The second kappa shape index (κ2) is 11.6. The van der Waals surface area contributed by atoms with Gasteiger partial charge in [0.2, 0.25) is 0 Å². The number of aliphatic hydroxyl groups excluding tert-OH is 2. The lowest BCUT2D eigenvalue weighted by atomic mass is 9.81. The molecule has 0 spiro atoms. The first-order chi connectivity index (χ1) is 13.9. The van der Waals surface area contributed by atoms with Gasteiger partial charge < -0.3 is 10.2 Å². The fourth-order valence-corrected chi connectivity index (χ4v) is 6.15. The van der Waals surface area contributed by atoms with Crippen molar-refractivity contribution in [2.75, 3.05) is 12.5 Å². The minimum Gasteiger partial charge on any atom is -0.388 e. The lowest BCUT2D eigenvalue weighted by Crippen LogP contribution is -2.48. The van der Waals surface area contributed by atoms with E-state index >= 15 is 0 Å². The summed E-state index contributed by atoms with van der Waals surface area (Å²) in [6.45, 7) is 0. The Labute approximate surface area is 181 Å². The van der Waals surface area contributed by atoms with Gasteiger partial charge in [-0.3, -0.25) is 8.37 Å². The highest BCUT2D eigenvalue weighted by molar-refractivity contribution is 7.86. The molecule has 0 saturated heterocycles. The van der Waals surface area contributed by atoms with E-state index in [1.54, 1.807) is 0 Å². The van der Waals surface area contributed by atoms with Gasteiger partial charge in [-0.05, 0) is 24.7 Å². The van der Waals surface area contributed by atoms with Crippen molar-refractivity contribution in [2.45, 2.75) is 101 Å². The van der Waals surface area contributed by atoms with E-state index in [1.807, 2.05) is 0 Å². The quantitative estimate of drug-likeness (QED) is 0.441. The van der Waals surface area contributed by atoms with Crippen molar-refractivity contribution in [2.24, 2.45) is 11.8 Å². The van der Waals surface area contributed by atoms with E-state index in [2.05, 4.69) is 0 Å². The van der Waals surface area contributed by atoms with Gasteiger partial charge in [-0.1, -0.05) is 64.2 Å². The molecule has 2 N–H and O–H groups in total. The number of aliphatic hydroxyl groups is 2. The van der Waals surface area contributed by atoms with Crippen molar-refractivity contribution in [3.05, 3.63) is 0 Å². The van der Waals surface area contributed by atoms with Gasteiger partial charge in [-0.25, -0.2) is 0 Å². The second-order valence-electron chi connectivity index (χ2n) is 9.14. The maximum Gasteiger partial charge on any atom is 0.264 e. The Morgan fingerprint density at radius 3 is 1.23 bits per heavy atom. The van der Waals surface area contributed by atoms with Crippen molar-refractivity contribution < 1.29 is 35.4 Å². The number of rotatable bonds is 11. The van der Waals surface area contributed by atoms with Gasteiger partial charge in [-0.2, -0.15) is 16.8 Å². The Morgan fingerprint density at radius 2 is 0.967 bits per heavy atom. The highest BCUT2D eigenvalue weighted by Gasteiger charge is 2.39. The SMILES string of the molecule is CS(=O)(=O)O[C@H](CC1CCCCC1)[C@@H](O)[C@H](O)[C@@H](CC1CCCCC1)OS(C)(=O)=O. The Kier molecular flexibility index (Phi) is 10.0. The normalized spacial score (nSPS) is 24.3. The van der Waals surface area contributed by atoms with Crippen molar-refractivity contribution in [1.29, 1.82) is 0 Å². The van der Waals surface area contributed by atoms with Crippen LogP contribution in [0.5, 0.6) is 0 Å². The lowest BCUT2D eigenvalue weighted by molar-refractivity contribution is -0.0986. The Bertz CT molecular complexity index is 647. The zero-order chi connectivity index (χ0) is 22.4. The molecule has 0 heterocycles. The van der Waals surface area contributed by atoms with Gasteiger partial charge in [0.05, 0.1) is 12.5 Å². The molecule has 0 unspecified atom stereocenters. The standard InChI is InChI=1S/C20H38O8S2/c1-29(23,24)27-17(13-15-9-5-3-6-10-15)19(21)20(22)18(28-30(2,25)26)14-16-11-7-4-8-12-16/h15-22H,3-14H2,1-2H3/t17-,18-,19-,20-/m1/s1. The molecule has 0 aromatic carbocycles. The van der Waals surface area contributed by atoms with Gasteiger partial charge in [0, 0.05) is 0 Å². The molecule has 4 atom stereocenters. The third-order valence-electron chi connectivity index (χ3n) is 6.29. The summed E-state index contributed by atoms with van der Waals surface area (Å²) in [6, 6.07) is 0. The average molecular weight is 471 g/mol. The summed E-state index contributed by atoms with van der Waals surface area (Å²) in [5.41, 5.74) is 0. The van der Waals surface area contributed by atoms with Crippen LogP contribution in [0.15, 0.2) is 0 Å². The summed E-state index contributed by atoms with van der Waals surface area (Å²) in [4.78, 5) is 0. The molecule has 178 valence electrons. The predicted octanol–water partition coefficient (Wildman–Crippen LogP) is 2.34. The van der Waals surface area contributed by atoms with E-state index in [1.165, 1.54) is 0 Å². The van der Waals surface area contributed by atoms with Crippen molar-refractivity contribution in [3.63, 3.8) is 0 Å². The molecule has 2 aliphatic rings. The van der Waals surface area contributed by atoms with E-state index in [-0.39, 0.29) is 11.8 Å².